The predicted octanol–water partition coefficient (Wildman–Crippen LogP) is 2.63. The van der Waals surface area contributed by atoms with Crippen molar-refractivity contribution in [3.05, 3.63) is 21.9 Å². The Hall–Kier alpha value is -0.670. The van der Waals surface area contributed by atoms with Gasteiger partial charge in [0.1, 0.15) is 0 Å². The zero-order valence-electron chi connectivity index (χ0n) is 9.30. The Bertz CT molecular complexity index is 365. The maximum absolute atomic E-state index is 12.4. The van der Waals surface area contributed by atoms with Gasteiger partial charge in [0.05, 0.1) is 4.88 Å². The van der Waals surface area contributed by atoms with Crippen LogP contribution in [-0.2, 0) is 0 Å². The molecular weight excluding hydrogens is 206 g/mol. The van der Waals surface area contributed by atoms with Crippen LogP contribution in [0.3, 0.4) is 0 Å². The highest BCUT2D eigenvalue weighted by molar-refractivity contribution is 7.12. The first-order chi connectivity index (χ1) is 7.19. The molecular formula is C12H17NOS. The maximum atomic E-state index is 12.4. The van der Waals surface area contributed by atoms with E-state index >= 15 is 0 Å². The van der Waals surface area contributed by atoms with Gasteiger partial charge >= 0.3 is 0 Å². The minimum atomic E-state index is -0.0929. The summed E-state index contributed by atoms with van der Waals surface area (Å²) in [6, 6.07) is 2.03. The highest BCUT2D eigenvalue weighted by Gasteiger charge is 2.44. The summed E-state index contributed by atoms with van der Waals surface area (Å²) in [5, 5.41) is 5.16. The van der Waals surface area contributed by atoms with Crippen LogP contribution in [0, 0.1) is 12.3 Å². The Balaban J connectivity index is 2.23. The first-order valence-corrected chi connectivity index (χ1v) is 6.31. The van der Waals surface area contributed by atoms with Crippen LogP contribution >= 0.6 is 11.3 Å². The van der Waals surface area contributed by atoms with Gasteiger partial charge in [-0.1, -0.05) is 6.42 Å². The summed E-state index contributed by atoms with van der Waals surface area (Å²) < 4.78 is 0. The van der Waals surface area contributed by atoms with E-state index in [9.17, 15) is 4.79 Å². The number of thiophene rings is 1. The third-order valence-electron chi connectivity index (χ3n) is 3.38. The number of nitrogens with one attached hydrogen (secondary N) is 1. The third-order valence-corrected chi connectivity index (χ3v) is 4.39. The van der Waals surface area contributed by atoms with Crippen LogP contribution in [0.4, 0.5) is 0 Å². The molecule has 2 rings (SSSR count). The molecule has 1 aliphatic carbocycles. The van der Waals surface area contributed by atoms with Gasteiger partial charge in [-0.3, -0.25) is 4.79 Å². The number of Topliss-reactive ketones (excluding diaryl/α,β-unsaturated/α-hetero) is 1. The lowest BCUT2D eigenvalue weighted by molar-refractivity contribution is 0.0619. The van der Waals surface area contributed by atoms with Crippen LogP contribution in [-0.4, -0.2) is 19.4 Å². The summed E-state index contributed by atoms with van der Waals surface area (Å²) in [4.78, 5) is 13.4. The molecule has 0 bridgehead atoms. The molecule has 15 heavy (non-hydrogen) atoms. The number of hydrogen-bond donors (Lipinski definition) is 1. The van der Waals surface area contributed by atoms with Gasteiger partial charge in [0.15, 0.2) is 5.78 Å². The molecule has 0 aliphatic heterocycles. The summed E-state index contributed by atoms with van der Waals surface area (Å²) in [5.41, 5.74) is 1.04. The van der Waals surface area contributed by atoms with E-state index in [0.717, 1.165) is 29.8 Å². The number of rotatable bonds is 4. The molecule has 0 unspecified atom stereocenters. The van der Waals surface area contributed by atoms with E-state index in [1.807, 2.05) is 25.4 Å². The molecule has 3 heteroatoms. The minimum absolute atomic E-state index is 0.0929. The highest BCUT2D eigenvalue weighted by Crippen LogP contribution is 2.44. The molecule has 1 fully saturated rings. The Morgan fingerprint density at radius 3 is 2.73 bits per heavy atom. The Morgan fingerprint density at radius 2 is 2.33 bits per heavy atom. The number of aryl methyl sites for hydroxylation is 1. The van der Waals surface area contributed by atoms with Gasteiger partial charge in [-0.2, -0.15) is 0 Å². The van der Waals surface area contributed by atoms with Crippen molar-refractivity contribution in [2.24, 2.45) is 5.41 Å². The van der Waals surface area contributed by atoms with Crippen LogP contribution in [0.2, 0.25) is 0 Å². The van der Waals surface area contributed by atoms with Crippen LogP contribution in [0.1, 0.15) is 34.5 Å². The zero-order chi connectivity index (χ0) is 10.9. The minimum Gasteiger partial charge on any atom is -0.319 e. The molecule has 1 N–H and O–H groups in total. The van der Waals surface area contributed by atoms with Gasteiger partial charge in [-0.05, 0) is 43.8 Å². The zero-order valence-corrected chi connectivity index (χ0v) is 10.1. The van der Waals surface area contributed by atoms with Crippen LogP contribution in [0.15, 0.2) is 11.4 Å². The van der Waals surface area contributed by atoms with E-state index in [2.05, 4.69) is 5.32 Å². The summed E-state index contributed by atoms with van der Waals surface area (Å²) in [6.45, 7) is 2.85. The lowest BCUT2D eigenvalue weighted by atomic mass is 9.65. The molecule has 0 amide bonds. The van der Waals surface area contributed by atoms with E-state index < -0.39 is 0 Å². The van der Waals surface area contributed by atoms with Gasteiger partial charge in [0.2, 0.25) is 0 Å². The third kappa shape index (κ3) is 1.74. The average Bonchev–Trinajstić information content (AvgIpc) is 2.57. The molecule has 1 aromatic rings. The molecule has 1 heterocycles. The summed E-state index contributed by atoms with van der Waals surface area (Å²) >= 11 is 1.58. The molecule has 0 saturated heterocycles. The second kappa shape index (κ2) is 4.06. The van der Waals surface area contributed by atoms with Crippen molar-refractivity contribution < 1.29 is 4.79 Å². The van der Waals surface area contributed by atoms with E-state index in [1.54, 1.807) is 11.3 Å². The second-order valence-electron chi connectivity index (χ2n) is 4.43. The van der Waals surface area contributed by atoms with Gasteiger partial charge in [0, 0.05) is 12.0 Å². The van der Waals surface area contributed by atoms with Crippen LogP contribution in [0.25, 0.3) is 0 Å². The molecule has 1 saturated carbocycles. The van der Waals surface area contributed by atoms with Gasteiger partial charge in [-0.15, -0.1) is 11.3 Å². The molecule has 1 aromatic heterocycles. The van der Waals surface area contributed by atoms with Crippen molar-refractivity contribution in [3.63, 3.8) is 0 Å². The summed E-state index contributed by atoms with van der Waals surface area (Å²) in [7, 11) is 1.93. The van der Waals surface area contributed by atoms with Crippen molar-refractivity contribution in [1.29, 1.82) is 0 Å². The molecule has 0 radical (unpaired) electrons. The fourth-order valence-corrected chi connectivity index (χ4v) is 3.26. The number of ketones is 1. The number of hydrogen-bond acceptors (Lipinski definition) is 3. The van der Waals surface area contributed by atoms with Crippen molar-refractivity contribution in [1.82, 2.24) is 5.32 Å². The molecule has 82 valence electrons. The van der Waals surface area contributed by atoms with Crippen LogP contribution in [0.5, 0.6) is 0 Å². The molecule has 0 aromatic carbocycles. The topological polar surface area (TPSA) is 29.1 Å². The van der Waals surface area contributed by atoms with Gasteiger partial charge in [0.25, 0.3) is 0 Å². The summed E-state index contributed by atoms with van der Waals surface area (Å²) in [5.74, 6) is 0.357. The highest BCUT2D eigenvalue weighted by atomic mass is 32.1. The molecule has 0 atom stereocenters. The standard InChI is InChI=1S/C12H17NOS/c1-9-4-7-15-10(9)11(14)12(8-13-2)5-3-6-12/h4,7,13H,3,5-6,8H2,1-2H3. The van der Waals surface area contributed by atoms with Crippen LogP contribution < -0.4 is 5.32 Å². The second-order valence-corrected chi connectivity index (χ2v) is 5.34. The lowest BCUT2D eigenvalue weighted by Crippen LogP contribution is -2.45. The van der Waals surface area contributed by atoms with E-state index in [4.69, 9.17) is 0 Å². The molecule has 0 spiro atoms. The fraction of sp³-hybridized carbons (Fsp3) is 0.583. The quantitative estimate of drug-likeness (QED) is 0.795. The Kier molecular flexibility index (Phi) is 2.94. The van der Waals surface area contributed by atoms with Gasteiger partial charge < -0.3 is 5.32 Å². The van der Waals surface area contributed by atoms with E-state index in [1.165, 1.54) is 6.42 Å². The Morgan fingerprint density at radius 1 is 1.60 bits per heavy atom. The van der Waals surface area contributed by atoms with Crippen molar-refractivity contribution >= 4 is 17.1 Å². The monoisotopic (exact) mass is 223 g/mol. The smallest absolute Gasteiger partial charge is 0.180 e. The predicted molar refractivity (Wildman–Crippen MR) is 63.6 cm³/mol. The van der Waals surface area contributed by atoms with E-state index in [-0.39, 0.29) is 5.41 Å². The maximum Gasteiger partial charge on any atom is 0.180 e. The number of carbonyl (C=O) groups excluding carboxylic acids is 1. The van der Waals surface area contributed by atoms with Crippen molar-refractivity contribution in [2.45, 2.75) is 26.2 Å². The first-order valence-electron chi connectivity index (χ1n) is 5.43. The average molecular weight is 223 g/mol. The van der Waals surface area contributed by atoms with Crippen molar-refractivity contribution in [3.8, 4) is 0 Å². The molecule has 1 aliphatic rings. The van der Waals surface area contributed by atoms with E-state index in [0.29, 0.717) is 5.78 Å². The fourth-order valence-electron chi connectivity index (χ4n) is 2.27. The number of carbonyl (C=O) groups is 1. The first kappa shape index (κ1) is 10.8. The van der Waals surface area contributed by atoms with Gasteiger partial charge in [-0.25, -0.2) is 0 Å². The molecule has 2 nitrogen and oxygen atoms in total. The Labute approximate surface area is 94.7 Å². The normalized spacial score (nSPS) is 18.5. The summed E-state index contributed by atoms with van der Waals surface area (Å²) in [6.07, 6.45) is 3.28. The largest absolute Gasteiger partial charge is 0.319 e. The SMILES string of the molecule is CNCC1(C(=O)c2sccc2C)CCC1. The van der Waals surface area contributed by atoms with Crippen molar-refractivity contribution in [2.75, 3.05) is 13.6 Å². The lowest BCUT2D eigenvalue weighted by Gasteiger charge is -2.40.